The molecule has 5 rings (SSSR count). The van der Waals surface area contributed by atoms with E-state index in [2.05, 4.69) is 0 Å². The maximum absolute atomic E-state index is 13.8. The number of morpholine rings is 1. The minimum atomic E-state index is -0.885. The van der Waals surface area contributed by atoms with Crippen molar-refractivity contribution in [2.45, 2.75) is 6.04 Å². The fourth-order valence-electron chi connectivity index (χ4n) is 4.95. The van der Waals surface area contributed by atoms with Crippen molar-refractivity contribution in [1.29, 1.82) is 0 Å². The van der Waals surface area contributed by atoms with E-state index in [0.29, 0.717) is 54.3 Å². The van der Waals surface area contributed by atoms with Crippen LogP contribution in [-0.4, -0.2) is 70.2 Å². The summed E-state index contributed by atoms with van der Waals surface area (Å²) in [6.07, 6.45) is 0. The molecule has 36 heavy (non-hydrogen) atoms. The molecule has 1 saturated heterocycles. The average molecular weight is 493 g/mol. The third kappa shape index (κ3) is 4.20. The van der Waals surface area contributed by atoms with Gasteiger partial charge in [0.1, 0.15) is 18.8 Å². The number of fused-ring (bicyclic) bond motifs is 1. The largest absolute Gasteiger partial charge is 0.868 e. The van der Waals surface area contributed by atoms with Crippen LogP contribution in [0.2, 0.25) is 0 Å². The van der Waals surface area contributed by atoms with Crippen molar-refractivity contribution in [3.05, 3.63) is 71.2 Å². The minimum Gasteiger partial charge on any atom is -0.868 e. The van der Waals surface area contributed by atoms with Crippen LogP contribution in [0.25, 0.3) is 11.0 Å². The van der Waals surface area contributed by atoms with Crippen molar-refractivity contribution >= 4 is 22.7 Å². The lowest BCUT2D eigenvalue weighted by Gasteiger charge is -2.31. The molecule has 0 bridgehead atoms. The summed E-state index contributed by atoms with van der Waals surface area (Å²) in [6, 6.07) is 13.1. The van der Waals surface area contributed by atoms with Crippen LogP contribution in [0.5, 0.6) is 11.5 Å². The predicted molar refractivity (Wildman–Crippen MR) is 128 cm³/mol. The Labute approximate surface area is 208 Å². The Morgan fingerprint density at radius 2 is 1.81 bits per heavy atom. The smallest absolute Gasteiger partial charge is 0.240 e. The monoisotopic (exact) mass is 492 g/mol. The third-order valence-corrected chi connectivity index (χ3v) is 6.82. The number of nitrogens with zero attached hydrogens (tertiary/aromatic N) is 1. The number of methoxy groups -OCH3 is 2. The zero-order valence-corrected chi connectivity index (χ0v) is 20.2. The lowest BCUT2D eigenvalue weighted by atomic mass is 9.94. The number of hydrogen-bond acceptors (Lipinski definition) is 7. The second-order valence-corrected chi connectivity index (χ2v) is 8.82. The highest BCUT2D eigenvalue weighted by Gasteiger charge is 2.42. The molecule has 3 heterocycles. The van der Waals surface area contributed by atoms with E-state index in [1.54, 1.807) is 48.5 Å². The van der Waals surface area contributed by atoms with Gasteiger partial charge in [0.15, 0.2) is 17.1 Å². The normalized spacial score (nSPS) is 18.8. The summed E-state index contributed by atoms with van der Waals surface area (Å²) in [7, 11) is 3.03. The fraction of sp³-hybridized carbons (Fsp3) is 0.333. The summed E-state index contributed by atoms with van der Waals surface area (Å²) < 4.78 is 22.2. The Morgan fingerprint density at radius 3 is 2.56 bits per heavy atom. The van der Waals surface area contributed by atoms with Gasteiger partial charge in [0, 0.05) is 16.5 Å². The Bertz CT molecular complexity index is 1320. The van der Waals surface area contributed by atoms with E-state index in [4.69, 9.17) is 18.6 Å². The molecule has 1 atom stereocenters. The van der Waals surface area contributed by atoms with Gasteiger partial charge >= 0.3 is 0 Å². The van der Waals surface area contributed by atoms with Gasteiger partial charge in [-0.3, -0.25) is 9.59 Å². The molecular weight excluding hydrogens is 464 g/mol. The molecule has 0 radical (unpaired) electrons. The van der Waals surface area contributed by atoms with Gasteiger partial charge in [-0.1, -0.05) is 30.3 Å². The number of rotatable bonds is 8. The molecular formula is C27H28N2O7. The lowest BCUT2D eigenvalue weighted by molar-refractivity contribution is -0.907. The topological polar surface area (TPSA) is 106 Å². The van der Waals surface area contributed by atoms with Gasteiger partial charge < -0.3 is 33.5 Å². The predicted octanol–water partition coefficient (Wildman–Crippen LogP) is 0.746. The summed E-state index contributed by atoms with van der Waals surface area (Å²) in [5.41, 5.74) is 0.843. The van der Waals surface area contributed by atoms with Crippen molar-refractivity contribution in [2.75, 3.05) is 53.6 Å². The SMILES string of the molecule is COc1ccccc1C1C(C(=O)c2cc3cccc(OC)c3o2)=C([O-])C(=O)N1CC[NH+]1CCOCC1. The number of ketones is 1. The summed E-state index contributed by atoms with van der Waals surface area (Å²) >= 11 is 0. The summed E-state index contributed by atoms with van der Waals surface area (Å²) in [5, 5.41) is 14.0. The number of nitrogens with one attached hydrogen (secondary N) is 1. The number of furan rings is 1. The van der Waals surface area contributed by atoms with Crippen LogP contribution in [0.4, 0.5) is 0 Å². The van der Waals surface area contributed by atoms with E-state index in [-0.39, 0.29) is 11.3 Å². The van der Waals surface area contributed by atoms with Gasteiger partial charge in [0.25, 0.3) is 0 Å². The number of quaternary nitrogens is 1. The van der Waals surface area contributed by atoms with Crippen LogP contribution in [-0.2, 0) is 9.53 Å². The Kier molecular flexibility index (Phi) is 6.67. The van der Waals surface area contributed by atoms with Crippen molar-refractivity contribution in [1.82, 2.24) is 4.90 Å². The molecule has 1 amide bonds. The first-order chi connectivity index (χ1) is 17.5. The van der Waals surface area contributed by atoms with E-state index in [1.807, 2.05) is 0 Å². The summed E-state index contributed by atoms with van der Waals surface area (Å²) in [5.74, 6) is -1.20. The van der Waals surface area contributed by atoms with Crippen LogP contribution >= 0.6 is 0 Å². The van der Waals surface area contributed by atoms with E-state index in [0.717, 1.165) is 13.1 Å². The van der Waals surface area contributed by atoms with Crippen LogP contribution in [0.3, 0.4) is 0 Å². The molecule has 9 nitrogen and oxygen atoms in total. The molecule has 3 aromatic rings. The first-order valence-corrected chi connectivity index (χ1v) is 11.9. The standard InChI is InChI=1S/C27H28N2O7/c1-33-19-8-4-3-7-18(19)23-22(24(30)21-16-17-6-5-9-20(34-2)26(17)36-21)25(31)27(32)29(23)11-10-28-12-14-35-15-13-28/h3-9,16,23,31H,10-15H2,1-2H3. The van der Waals surface area contributed by atoms with Gasteiger partial charge in [-0.25, -0.2) is 0 Å². The number of ether oxygens (including phenoxy) is 3. The van der Waals surface area contributed by atoms with E-state index >= 15 is 0 Å². The van der Waals surface area contributed by atoms with Crippen molar-refractivity contribution < 1.29 is 38.2 Å². The zero-order valence-electron chi connectivity index (χ0n) is 20.2. The summed E-state index contributed by atoms with van der Waals surface area (Å²) in [4.78, 5) is 29.8. The van der Waals surface area contributed by atoms with Crippen LogP contribution in [0, 0.1) is 0 Å². The second-order valence-electron chi connectivity index (χ2n) is 8.82. The molecule has 9 heteroatoms. The maximum atomic E-state index is 13.8. The van der Waals surface area contributed by atoms with E-state index in [9.17, 15) is 14.7 Å². The minimum absolute atomic E-state index is 0.0220. The molecule has 0 saturated carbocycles. The number of hydrogen-bond donors (Lipinski definition) is 1. The highest BCUT2D eigenvalue weighted by molar-refractivity contribution is 6.16. The van der Waals surface area contributed by atoms with E-state index in [1.165, 1.54) is 24.0 Å². The number of amides is 1. The average Bonchev–Trinajstić information content (AvgIpc) is 3.46. The van der Waals surface area contributed by atoms with Gasteiger partial charge in [-0.05, 0) is 24.0 Å². The molecule has 2 aromatic carbocycles. The maximum Gasteiger partial charge on any atom is 0.240 e. The molecule has 0 spiro atoms. The molecule has 188 valence electrons. The number of Topliss-reactive ketones (excluding diaryl/α,β-unsaturated/α-hetero) is 1. The molecule has 1 fully saturated rings. The third-order valence-electron chi connectivity index (χ3n) is 6.82. The highest BCUT2D eigenvalue weighted by Crippen LogP contribution is 2.42. The van der Waals surface area contributed by atoms with Crippen molar-refractivity contribution in [3.8, 4) is 11.5 Å². The van der Waals surface area contributed by atoms with Crippen molar-refractivity contribution in [3.63, 3.8) is 0 Å². The molecule has 0 aliphatic carbocycles. The Hall–Kier alpha value is -3.82. The quantitative estimate of drug-likeness (QED) is 0.463. The van der Waals surface area contributed by atoms with Gasteiger partial charge in [-0.2, -0.15) is 0 Å². The van der Waals surface area contributed by atoms with Crippen LogP contribution in [0.1, 0.15) is 22.2 Å². The number of para-hydroxylation sites is 2. The molecule has 1 aromatic heterocycles. The van der Waals surface area contributed by atoms with Gasteiger partial charge in [-0.15, -0.1) is 0 Å². The Morgan fingerprint density at radius 1 is 1.08 bits per heavy atom. The highest BCUT2D eigenvalue weighted by atomic mass is 16.5. The summed E-state index contributed by atoms with van der Waals surface area (Å²) in [6.45, 7) is 3.91. The van der Waals surface area contributed by atoms with Crippen LogP contribution in [0.15, 0.2) is 64.3 Å². The number of carbonyl (C=O) groups excluding carboxylic acids is 2. The van der Waals surface area contributed by atoms with E-state index < -0.39 is 23.5 Å². The first kappa shape index (κ1) is 23.9. The molecule has 2 aliphatic heterocycles. The zero-order chi connectivity index (χ0) is 25.2. The van der Waals surface area contributed by atoms with Gasteiger partial charge in [0.2, 0.25) is 11.7 Å². The fourth-order valence-corrected chi connectivity index (χ4v) is 4.95. The Balaban J connectivity index is 1.54. The number of benzene rings is 2. The molecule has 1 N–H and O–H groups in total. The number of carbonyl (C=O) groups is 2. The van der Waals surface area contributed by atoms with Crippen molar-refractivity contribution in [2.24, 2.45) is 0 Å². The lowest BCUT2D eigenvalue weighted by Crippen LogP contribution is -3.14. The second kappa shape index (κ2) is 10.0. The molecule has 1 unspecified atom stereocenters. The van der Waals surface area contributed by atoms with Gasteiger partial charge in [0.05, 0.1) is 46.6 Å². The molecule has 2 aliphatic rings. The first-order valence-electron chi connectivity index (χ1n) is 11.9. The van der Waals surface area contributed by atoms with Crippen LogP contribution < -0.4 is 19.5 Å².